The van der Waals surface area contributed by atoms with Gasteiger partial charge in [-0.05, 0) is 11.8 Å². The topological polar surface area (TPSA) is 66.4 Å². The predicted octanol–water partition coefficient (Wildman–Crippen LogP) is -0.470. The largest absolute Gasteiger partial charge is 0.346 e. The second-order valence-electron chi connectivity index (χ2n) is 0.552. The Kier molecular flexibility index (Phi) is 5.54. The van der Waals surface area contributed by atoms with Crippen LogP contribution < -0.4 is 4.24 Å². The number of hydrogen-bond acceptors (Lipinski definition) is 2. The van der Waals surface area contributed by atoms with Crippen molar-refractivity contribution in [2.75, 3.05) is 0 Å². The van der Waals surface area contributed by atoms with Gasteiger partial charge in [-0.1, -0.05) is 0 Å². The fraction of sp³-hybridized carbons (Fsp3) is 0. The minimum Gasteiger partial charge on any atom is -0.273 e. The normalized spacial score (nSPS) is 10.0. The van der Waals surface area contributed by atoms with E-state index in [0.717, 1.165) is 4.24 Å². The fourth-order valence-electron chi connectivity index (χ4n) is 0. The van der Waals surface area contributed by atoms with E-state index >= 15 is 0 Å². The Bertz CT molecular complexity index is 117. The molecule has 2 N–H and O–H groups in total. The van der Waals surface area contributed by atoms with E-state index in [1.54, 1.807) is 0 Å². The molecule has 0 radical (unpaired) electrons. The Morgan fingerprint density at radius 2 is 1.71 bits per heavy atom. The molecule has 46 valence electrons. The van der Waals surface area contributed by atoms with Crippen LogP contribution in [0.1, 0.15) is 0 Å². The quantitative estimate of drug-likeness (QED) is 0.331. The average molecular weight is 187 g/mol. The van der Waals surface area contributed by atoms with Crippen LogP contribution in [0.4, 0.5) is 0 Å². The molecule has 0 spiro atoms. The minimum atomic E-state index is -4.15. The Hall–Kier alpha value is 0.679. The maximum atomic E-state index is 9.31. The molecule has 0 rings (SSSR count). The van der Waals surface area contributed by atoms with E-state index < -0.39 is 10.3 Å². The zero-order valence-electron chi connectivity index (χ0n) is 2.90. The number of nitrogens with one attached hydrogen (secondary N) is 1. The van der Waals surface area contributed by atoms with Crippen LogP contribution >= 0.6 is 11.8 Å². The summed E-state index contributed by atoms with van der Waals surface area (Å²) in [7, 11) is -4.15. The third-order valence-corrected chi connectivity index (χ3v) is 0.877. The van der Waals surface area contributed by atoms with Crippen LogP contribution in [-0.4, -0.2) is 13.0 Å². The summed E-state index contributed by atoms with van der Waals surface area (Å²) in [6.07, 6.45) is 0. The van der Waals surface area contributed by atoms with Gasteiger partial charge in [0.25, 0.3) is 0 Å². The van der Waals surface area contributed by atoms with Crippen LogP contribution in [0.2, 0.25) is 0 Å². The standard InChI is InChI=1S/ClH2NO3S.Fe/c1-2-6(3,4)5;/h2H,(H,3,4,5);. The van der Waals surface area contributed by atoms with E-state index in [9.17, 15) is 8.42 Å². The molecule has 7 heteroatoms. The molecule has 0 amide bonds. The van der Waals surface area contributed by atoms with Gasteiger partial charge in [0.1, 0.15) is 0 Å². The first-order valence-corrected chi connectivity index (χ1v) is 2.73. The van der Waals surface area contributed by atoms with Crippen LogP contribution in [0.3, 0.4) is 0 Å². The Balaban J connectivity index is 0. The number of halogens is 1. The van der Waals surface area contributed by atoms with Crippen LogP contribution in [0.15, 0.2) is 0 Å². The average Bonchev–Trinajstić information content (AvgIpc) is 1.35. The van der Waals surface area contributed by atoms with Gasteiger partial charge < -0.3 is 0 Å². The van der Waals surface area contributed by atoms with Crippen molar-refractivity contribution in [2.45, 2.75) is 0 Å². The van der Waals surface area contributed by atoms with E-state index in [0.29, 0.717) is 0 Å². The van der Waals surface area contributed by atoms with Crippen molar-refractivity contribution in [1.29, 1.82) is 0 Å². The second-order valence-corrected chi connectivity index (χ2v) is 2.12. The molecule has 0 bridgehead atoms. The van der Waals surface area contributed by atoms with Crippen LogP contribution in [0.25, 0.3) is 0 Å². The van der Waals surface area contributed by atoms with Crippen molar-refractivity contribution in [3.8, 4) is 0 Å². The molecule has 0 aromatic rings. The van der Waals surface area contributed by atoms with Gasteiger partial charge in [-0.25, -0.2) is 0 Å². The molecule has 0 fully saturated rings. The van der Waals surface area contributed by atoms with Crippen molar-refractivity contribution >= 4 is 22.1 Å². The molecule has 0 aromatic carbocycles. The Labute approximate surface area is 56.7 Å². The first-order valence-electron chi connectivity index (χ1n) is 0.909. The SMILES string of the molecule is O=S(=O)(O)NCl.[Fe]. The molecule has 0 aliphatic carbocycles. The van der Waals surface area contributed by atoms with Gasteiger partial charge in [-0.3, -0.25) is 4.55 Å². The van der Waals surface area contributed by atoms with Gasteiger partial charge in [-0.2, -0.15) is 8.42 Å². The summed E-state index contributed by atoms with van der Waals surface area (Å²) >= 11 is 4.39. The van der Waals surface area contributed by atoms with Crippen molar-refractivity contribution in [3.63, 3.8) is 0 Å². The van der Waals surface area contributed by atoms with E-state index in [4.69, 9.17) is 4.55 Å². The van der Waals surface area contributed by atoms with Gasteiger partial charge >= 0.3 is 10.3 Å². The van der Waals surface area contributed by atoms with Gasteiger partial charge in [0.2, 0.25) is 0 Å². The molecular weight excluding hydrogens is 185 g/mol. The summed E-state index contributed by atoms with van der Waals surface area (Å²) in [5.74, 6) is 0. The molecule has 0 saturated carbocycles. The predicted molar refractivity (Wildman–Crippen MR) is 20.5 cm³/mol. The summed E-state index contributed by atoms with van der Waals surface area (Å²) in [5.41, 5.74) is 0. The molecule has 0 aromatic heterocycles. The summed E-state index contributed by atoms with van der Waals surface area (Å²) in [6, 6.07) is 0. The molecule has 7 heavy (non-hydrogen) atoms. The Morgan fingerprint density at radius 3 is 1.71 bits per heavy atom. The molecule has 0 aliphatic rings. The fourth-order valence-corrected chi connectivity index (χ4v) is 0. The van der Waals surface area contributed by atoms with Crippen LogP contribution in [-0.2, 0) is 27.4 Å². The molecule has 0 atom stereocenters. The van der Waals surface area contributed by atoms with Crippen molar-refractivity contribution < 1.29 is 30.0 Å². The van der Waals surface area contributed by atoms with E-state index in [1.165, 1.54) is 0 Å². The van der Waals surface area contributed by atoms with Crippen LogP contribution in [0.5, 0.6) is 0 Å². The summed E-state index contributed by atoms with van der Waals surface area (Å²) < 4.78 is 27.3. The molecule has 0 aliphatic heterocycles. The zero-order valence-corrected chi connectivity index (χ0v) is 5.58. The maximum Gasteiger partial charge on any atom is 0.346 e. The first-order chi connectivity index (χ1) is 2.56. The molecule has 0 unspecified atom stereocenters. The van der Waals surface area contributed by atoms with E-state index in [-0.39, 0.29) is 17.1 Å². The number of rotatable bonds is 1. The van der Waals surface area contributed by atoms with Crippen LogP contribution in [0, 0.1) is 0 Å². The zero-order chi connectivity index (χ0) is 5.21. The minimum absolute atomic E-state index is 0. The van der Waals surface area contributed by atoms with Crippen molar-refractivity contribution in [2.24, 2.45) is 0 Å². The summed E-state index contributed by atoms with van der Waals surface area (Å²) in [5, 5.41) is 0. The monoisotopic (exact) mass is 187 g/mol. The molecule has 0 saturated heterocycles. The maximum absolute atomic E-state index is 9.31. The molecular formula is H2ClFeNO3S. The van der Waals surface area contributed by atoms with Crippen molar-refractivity contribution in [3.05, 3.63) is 0 Å². The van der Waals surface area contributed by atoms with Crippen molar-refractivity contribution in [1.82, 2.24) is 4.24 Å². The van der Waals surface area contributed by atoms with Gasteiger partial charge in [-0.15, -0.1) is 4.24 Å². The second kappa shape index (κ2) is 3.65. The third kappa shape index (κ3) is 10.8. The summed E-state index contributed by atoms with van der Waals surface area (Å²) in [4.78, 5) is 0. The first kappa shape index (κ1) is 10.6. The summed E-state index contributed by atoms with van der Waals surface area (Å²) in [6.45, 7) is 0. The van der Waals surface area contributed by atoms with E-state index in [2.05, 4.69) is 11.8 Å². The third-order valence-electron chi connectivity index (χ3n) is 0.0975. The number of hydrogen-bond donors (Lipinski definition) is 2. The van der Waals surface area contributed by atoms with Gasteiger partial charge in [0, 0.05) is 17.1 Å². The molecule has 0 heterocycles. The smallest absolute Gasteiger partial charge is 0.273 e. The van der Waals surface area contributed by atoms with Gasteiger partial charge in [0.05, 0.1) is 0 Å². The van der Waals surface area contributed by atoms with Gasteiger partial charge in [0.15, 0.2) is 0 Å². The Morgan fingerprint density at radius 1 is 1.57 bits per heavy atom. The molecule has 4 nitrogen and oxygen atoms in total. The van der Waals surface area contributed by atoms with E-state index in [1.807, 2.05) is 0 Å².